The maximum absolute atomic E-state index is 13.0. The van der Waals surface area contributed by atoms with Gasteiger partial charge in [-0.1, -0.05) is 40.9 Å². The zero-order valence-corrected chi connectivity index (χ0v) is 18.7. The number of nitrogens with zero attached hydrogens (tertiary/aromatic N) is 3. The summed E-state index contributed by atoms with van der Waals surface area (Å²) in [6.45, 7) is 1.87. The maximum atomic E-state index is 13.0. The van der Waals surface area contributed by atoms with Gasteiger partial charge in [0.25, 0.3) is 5.56 Å². The van der Waals surface area contributed by atoms with Gasteiger partial charge in [-0.2, -0.15) is 4.31 Å². The van der Waals surface area contributed by atoms with Crippen LogP contribution in [-0.2, 0) is 16.6 Å². The Morgan fingerprint density at radius 3 is 2.33 bits per heavy atom. The van der Waals surface area contributed by atoms with Crippen molar-refractivity contribution in [2.75, 3.05) is 26.2 Å². The molecule has 0 unspecified atom stereocenters. The monoisotopic (exact) mass is 486 g/mol. The molecule has 0 atom stereocenters. The summed E-state index contributed by atoms with van der Waals surface area (Å²) in [4.78, 5) is 21.5. The van der Waals surface area contributed by atoms with Crippen LogP contribution < -0.4 is 5.56 Å². The maximum Gasteiger partial charge on any atom is 0.258 e. The van der Waals surface area contributed by atoms with Crippen LogP contribution in [0.1, 0.15) is 5.82 Å². The molecule has 0 amide bonds. The molecule has 11 heteroatoms. The van der Waals surface area contributed by atoms with Crippen molar-refractivity contribution < 1.29 is 8.42 Å². The van der Waals surface area contributed by atoms with Gasteiger partial charge in [-0.3, -0.25) is 9.69 Å². The first-order valence-electron chi connectivity index (χ1n) is 9.11. The number of nitrogens with one attached hydrogen (secondary N) is 1. The molecule has 1 fully saturated rings. The van der Waals surface area contributed by atoms with Gasteiger partial charge in [0.1, 0.15) is 10.7 Å². The second-order valence-electron chi connectivity index (χ2n) is 6.91. The Morgan fingerprint density at radius 1 is 1.00 bits per heavy atom. The molecule has 3 aromatic rings. The first-order chi connectivity index (χ1) is 14.3. The highest BCUT2D eigenvalue weighted by molar-refractivity contribution is 7.89. The fourth-order valence-corrected chi connectivity index (χ4v) is 6.11. The summed E-state index contributed by atoms with van der Waals surface area (Å²) in [5.74, 6) is 0.500. The van der Waals surface area contributed by atoms with Crippen molar-refractivity contribution in [3.8, 4) is 0 Å². The second kappa shape index (κ2) is 8.45. The van der Waals surface area contributed by atoms with Gasteiger partial charge in [0.15, 0.2) is 0 Å². The number of benzene rings is 2. The zero-order chi connectivity index (χ0) is 21.5. The molecule has 1 saturated heterocycles. The van der Waals surface area contributed by atoms with Gasteiger partial charge in [-0.15, -0.1) is 0 Å². The number of hydrogen-bond acceptors (Lipinski definition) is 5. The average Bonchev–Trinajstić information content (AvgIpc) is 2.67. The number of hydrogen-bond donors (Lipinski definition) is 1. The number of aromatic amines is 1. The van der Waals surface area contributed by atoms with E-state index in [1.165, 1.54) is 16.4 Å². The molecule has 30 heavy (non-hydrogen) atoms. The van der Waals surface area contributed by atoms with E-state index >= 15 is 0 Å². The van der Waals surface area contributed by atoms with Crippen LogP contribution in [0, 0.1) is 0 Å². The Morgan fingerprint density at radius 2 is 1.67 bits per heavy atom. The van der Waals surface area contributed by atoms with E-state index in [0.717, 1.165) is 0 Å². The van der Waals surface area contributed by atoms with Crippen LogP contribution in [-0.4, -0.2) is 53.8 Å². The van der Waals surface area contributed by atoms with E-state index in [9.17, 15) is 13.2 Å². The Hall–Kier alpha value is -1.68. The van der Waals surface area contributed by atoms with E-state index in [1.54, 1.807) is 24.3 Å². The molecule has 0 bridgehead atoms. The lowest BCUT2D eigenvalue weighted by atomic mass is 10.2. The second-order valence-corrected chi connectivity index (χ2v) is 10.0. The third-order valence-electron chi connectivity index (χ3n) is 4.94. The van der Waals surface area contributed by atoms with Crippen molar-refractivity contribution in [1.82, 2.24) is 19.2 Å². The van der Waals surface area contributed by atoms with E-state index in [-0.39, 0.29) is 33.6 Å². The minimum atomic E-state index is -3.81. The summed E-state index contributed by atoms with van der Waals surface area (Å²) in [5, 5.41) is 1.17. The van der Waals surface area contributed by atoms with Crippen LogP contribution in [0.2, 0.25) is 15.1 Å². The number of halogens is 3. The molecule has 0 spiro atoms. The molecule has 7 nitrogen and oxygen atoms in total. The molecule has 158 valence electrons. The minimum absolute atomic E-state index is 0.0702. The molecular weight excluding hydrogens is 471 g/mol. The SMILES string of the molecule is O=c1[nH]c(CN2CCN(S(=O)(=O)c3c(Cl)cccc3Cl)CC2)nc2cc(Cl)ccc12. The van der Waals surface area contributed by atoms with Gasteiger partial charge in [0.2, 0.25) is 10.0 Å². The topological polar surface area (TPSA) is 86.4 Å². The number of H-pyrrole nitrogens is 1. The fourth-order valence-electron chi connectivity index (χ4n) is 3.43. The Labute approximate surface area is 188 Å². The first-order valence-corrected chi connectivity index (χ1v) is 11.7. The summed E-state index contributed by atoms with van der Waals surface area (Å²) < 4.78 is 27.3. The summed E-state index contributed by atoms with van der Waals surface area (Å²) >= 11 is 18.2. The number of sulfonamides is 1. The van der Waals surface area contributed by atoms with E-state index in [1.807, 2.05) is 4.90 Å². The van der Waals surface area contributed by atoms with Crippen LogP contribution >= 0.6 is 34.8 Å². The molecule has 1 aliphatic heterocycles. The molecule has 1 aliphatic rings. The smallest absolute Gasteiger partial charge is 0.258 e. The van der Waals surface area contributed by atoms with Crippen molar-refractivity contribution in [2.45, 2.75) is 11.4 Å². The van der Waals surface area contributed by atoms with Crippen molar-refractivity contribution >= 4 is 55.7 Å². The summed E-state index contributed by atoms with van der Waals surface area (Å²) in [5.41, 5.74) is 0.289. The van der Waals surface area contributed by atoms with E-state index in [4.69, 9.17) is 34.8 Å². The first kappa shape index (κ1) is 21.5. The molecule has 0 radical (unpaired) electrons. The minimum Gasteiger partial charge on any atom is -0.309 e. The number of fused-ring (bicyclic) bond motifs is 1. The van der Waals surface area contributed by atoms with Crippen LogP contribution in [0.15, 0.2) is 46.1 Å². The highest BCUT2D eigenvalue weighted by atomic mass is 35.5. The van der Waals surface area contributed by atoms with Gasteiger partial charge in [0.05, 0.1) is 27.5 Å². The van der Waals surface area contributed by atoms with Crippen LogP contribution in [0.3, 0.4) is 0 Å². The third kappa shape index (κ3) is 4.21. The molecule has 4 rings (SSSR count). The van der Waals surface area contributed by atoms with E-state index < -0.39 is 10.0 Å². The quantitative estimate of drug-likeness (QED) is 0.610. The van der Waals surface area contributed by atoms with Crippen molar-refractivity contribution in [3.63, 3.8) is 0 Å². The summed E-state index contributed by atoms with van der Waals surface area (Å²) in [6, 6.07) is 9.54. The molecule has 0 aliphatic carbocycles. The van der Waals surface area contributed by atoms with Gasteiger partial charge < -0.3 is 4.98 Å². The molecule has 1 N–H and O–H groups in total. The predicted octanol–water partition coefficient (Wildman–Crippen LogP) is 3.39. The zero-order valence-electron chi connectivity index (χ0n) is 15.6. The van der Waals surface area contributed by atoms with E-state index in [2.05, 4.69) is 9.97 Å². The third-order valence-corrected chi connectivity index (χ3v) is 8.03. The number of piperazine rings is 1. The normalized spacial score (nSPS) is 16.2. The van der Waals surface area contributed by atoms with Crippen molar-refractivity contribution in [2.24, 2.45) is 0 Å². The van der Waals surface area contributed by atoms with E-state index in [0.29, 0.717) is 41.4 Å². The van der Waals surface area contributed by atoms with Crippen LogP contribution in [0.4, 0.5) is 0 Å². The Bertz CT molecular complexity index is 1250. The number of aromatic nitrogens is 2. The summed E-state index contributed by atoms with van der Waals surface area (Å²) in [7, 11) is -3.81. The van der Waals surface area contributed by atoms with Crippen molar-refractivity contribution in [1.29, 1.82) is 0 Å². The predicted molar refractivity (Wildman–Crippen MR) is 118 cm³/mol. The molecule has 2 aromatic carbocycles. The highest BCUT2D eigenvalue weighted by Crippen LogP contribution is 2.32. The lowest BCUT2D eigenvalue weighted by Gasteiger charge is -2.33. The summed E-state index contributed by atoms with van der Waals surface area (Å²) in [6.07, 6.45) is 0. The fraction of sp³-hybridized carbons (Fsp3) is 0.263. The standard InChI is InChI=1S/C19H17Cl3N4O3S/c20-12-4-5-13-16(10-12)23-17(24-19(13)27)11-25-6-8-26(9-7-25)30(28,29)18-14(21)2-1-3-15(18)22/h1-5,10H,6-9,11H2,(H,23,24,27). The molecule has 2 heterocycles. The molecular formula is C19H17Cl3N4O3S. The lowest BCUT2D eigenvalue weighted by molar-refractivity contribution is 0.178. The van der Waals surface area contributed by atoms with Crippen molar-refractivity contribution in [3.05, 3.63) is 67.6 Å². The van der Waals surface area contributed by atoms with Crippen LogP contribution in [0.25, 0.3) is 10.9 Å². The molecule has 0 saturated carbocycles. The van der Waals surface area contributed by atoms with Crippen LogP contribution in [0.5, 0.6) is 0 Å². The Kier molecular flexibility index (Phi) is 6.07. The number of rotatable bonds is 4. The largest absolute Gasteiger partial charge is 0.309 e. The van der Waals surface area contributed by atoms with Gasteiger partial charge in [-0.05, 0) is 30.3 Å². The van der Waals surface area contributed by atoms with Gasteiger partial charge in [0, 0.05) is 31.2 Å². The Balaban J connectivity index is 1.49. The average molecular weight is 488 g/mol. The highest BCUT2D eigenvalue weighted by Gasteiger charge is 2.32. The van der Waals surface area contributed by atoms with Gasteiger partial charge >= 0.3 is 0 Å². The molecule has 1 aromatic heterocycles. The lowest BCUT2D eigenvalue weighted by Crippen LogP contribution is -2.48. The van der Waals surface area contributed by atoms with Gasteiger partial charge in [-0.25, -0.2) is 13.4 Å².